The maximum Gasteiger partial charge on any atom is 0.0364 e. The first-order valence-corrected chi connectivity index (χ1v) is 6.82. The van der Waals surface area contributed by atoms with Gasteiger partial charge >= 0.3 is 0 Å². The minimum Gasteiger partial charge on any atom is -0.373 e. The maximum absolute atomic E-state index is 6.16. The molecule has 2 heteroatoms. The summed E-state index contributed by atoms with van der Waals surface area (Å²) >= 11 is 0. The fraction of sp³-hybridized carbons (Fsp3) is 0.294. The lowest BCUT2D eigenvalue weighted by Gasteiger charge is -2.23. The number of nitrogens with two attached hydrogens (primary N) is 1. The molecule has 0 aliphatic heterocycles. The maximum atomic E-state index is 6.16. The van der Waals surface area contributed by atoms with Crippen LogP contribution in [0.15, 0.2) is 54.6 Å². The molecule has 1 aliphatic rings. The van der Waals surface area contributed by atoms with Crippen LogP contribution >= 0.6 is 0 Å². The Morgan fingerprint density at radius 3 is 2.11 bits per heavy atom. The highest BCUT2D eigenvalue weighted by Crippen LogP contribution is 2.34. The SMILES string of the molecule is CN(CC1(N)CC1)c1ccc(-c2ccccc2)cc1. The highest BCUT2D eigenvalue weighted by atomic mass is 15.1. The van der Waals surface area contributed by atoms with Crippen LogP contribution in [0.1, 0.15) is 12.8 Å². The Labute approximate surface area is 114 Å². The van der Waals surface area contributed by atoms with Crippen LogP contribution in [0, 0.1) is 0 Å². The third kappa shape index (κ3) is 2.79. The van der Waals surface area contributed by atoms with Crippen molar-refractivity contribution in [3.05, 3.63) is 54.6 Å². The van der Waals surface area contributed by atoms with Gasteiger partial charge in [-0.25, -0.2) is 0 Å². The first kappa shape index (κ1) is 12.2. The monoisotopic (exact) mass is 252 g/mol. The van der Waals surface area contributed by atoms with Crippen molar-refractivity contribution in [3.8, 4) is 11.1 Å². The molecule has 0 atom stereocenters. The molecule has 98 valence electrons. The van der Waals surface area contributed by atoms with Crippen molar-refractivity contribution >= 4 is 5.69 Å². The van der Waals surface area contributed by atoms with Crippen LogP contribution in [-0.4, -0.2) is 19.1 Å². The summed E-state index contributed by atoms with van der Waals surface area (Å²) in [7, 11) is 2.12. The zero-order chi connectivity index (χ0) is 13.3. The minimum atomic E-state index is 0.0624. The molecular weight excluding hydrogens is 232 g/mol. The molecule has 1 aliphatic carbocycles. The van der Waals surface area contributed by atoms with Crippen molar-refractivity contribution in [3.63, 3.8) is 0 Å². The first-order chi connectivity index (χ1) is 9.16. The molecule has 1 saturated carbocycles. The summed E-state index contributed by atoms with van der Waals surface area (Å²) < 4.78 is 0. The molecule has 0 bridgehead atoms. The van der Waals surface area contributed by atoms with E-state index in [9.17, 15) is 0 Å². The second-order valence-electron chi connectivity index (χ2n) is 5.63. The number of anilines is 1. The van der Waals surface area contributed by atoms with E-state index in [1.807, 2.05) is 6.07 Å². The smallest absolute Gasteiger partial charge is 0.0364 e. The van der Waals surface area contributed by atoms with Gasteiger partial charge in [0.2, 0.25) is 0 Å². The summed E-state index contributed by atoms with van der Waals surface area (Å²) in [5, 5.41) is 0. The van der Waals surface area contributed by atoms with Crippen molar-refractivity contribution in [2.75, 3.05) is 18.5 Å². The third-order valence-electron chi connectivity index (χ3n) is 3.86. The second kappa shape index (κ2) is 4.71. The van der Waals surface area contributed by atoms with Crippen molar-refractivity contribution in [2.24, 2.45) is 5.73 Å². The lowest BCUT2D eigenvalue weighted by molar-refractivity contribution is 0.660. The van der Waals surface area contributed by atoms with Crippen LogP contribution in [0.5, 0.6) is 0 Å². The summed E-state index contributed by atoms with van der Waals surface area (Å²) in [5.74, 6) is 0. The minimum absolute atomic E-state index is 0.0624. The van der Waals surface area contributed by atoms with Crippen LogP contribution < -0.4 is 10.6 Å². The van der Waals surface area contributed by atoms with Gasteiger partial charge in [-0.3, -0.25) is 0 Å². The van der Waals surface area contributed by atoms with Crippen molar-refractivity contribution < 1.29 is 0 Å². The molecule has 0 amide bonds. The second-order valence-corrected chi connectivity index (χ2v) is 5.63. The Hall–Kier alpha value is -1.80. The molecule has 1 fully saturated rings. The van der Waals surface area contributed by atoms with E-state index in [0.29, 0.717) is 0 Å². The fourth-order valence-electron chi connectivity index (χ4n) is 2.42. The van der Waals surface area contributed by atoms with Crippen LogP contribution in [0.3, 0.4) is 0 Å². The van der Waals surface area contributed by atoms with Gasteiger partial charge in [0.05, 0.1) is 0 Å². The summed E-state index contributed by atoms with van der Waals surface area (Å²) in [6.07, 6.45) is 2.30. The number of benzene rings is 2. The third-order valence-corrected chi connectivity index (χ3v) is 3.86. The van der Waals surface area contributed by atoms with E-state index in [-0.39, 0.29) is 5.54 Å². The van der Waals surface area contributed by atoms with Gasteiger partial charge in [0, 0.05) is 24.8 Å². The quantitative estimate of drug-likeness (QED) is 0.904. The topological polar surface area (TPSA) is 29.3 Å². The number of nitrogens with zero attached hydrogens (tertiary/aromatic N) is 1. The van der Waals surface area contributed by atoms with Crippen LogP contribution in [0.2, 0.25) is 0 Å². The van der Waals surface area contributed by atoms with Crippen LogP contribution in [0.4, 0.5) is 5.69 Å². The van der Waals surface area contributed by atoms with Crippen molar-refractivity contribution in [1.82, 2.24) is 0 Å². The zero-order valence-corrected chi connectivity index (χ0v) is 11.3. The summed E-state index contributed by atoms with van der Waals surface area (Å²) in [6, 6.07) is 19.2. The molecule has 2 N–H and O–H groups in total. The number of rotatable bonds is 4. The molecule has 0 radical (unpaired) electrons. The van der Waals surface area contributed by atoms with Crippen molar-refractivity contribution in [2.45, 2.75) is 18.4 Å². The molecule has 2 nitrogen and oxygen atoms in total. The number of hydrogen-bond donors (Lipinski definition) is 1. The van der Waals surface area contributed by atoms with Crippen molar-refractivity contribution in [1.29, 1.82) is 0 Å². The molecular formula is C17H20N2. The van der Waals surface area contributed by atoms with Gasteiger partial charge in [0.25, 0.3) is 0 Å². The normalized spacial score (nSPS) is 16.1. The number of likely N-dealkylation sites (N-methyl/N-ethyl adjacent to an activating group) is 1. The Bertz CT molecular complexity index is 541. The van der Waals surface area contributed by atoms with E-state index in [1.165, 1.54) is 16.8 Å². The molecule has 3 rings (SSSR count). The predicted octanol–water partition coefficient (Wildman–Crippen LogP) is 3.28. The van der Waals surface area contributed by atoms with Crippen LogP contribution in [-0.2, 0) is 0 Å². The predicted molar refractivity (Wildman–Crippen MR) is 81.3 cm³/mol. The summed E-state index contributed by atoms with van der Waals surface area (Å²) in [4.78, 5) is 2.25. The molecule has 0 unspecified atom stereocenters. The standard InChI is InChI=1S/C17H20N2/c1-19(13-17(18)11-12-17)16-9-7-15(8-10-16)14-5-3-2-4-6-14/h2-10H,11-13,18H2,1H3. The Balaban J connectivity index is 1.75. The van der Waals surface area contributed by atoms with Gasteiger partial charge in [0.15, 0.2) is 0 Å². The van der Waals surface area contributed by atoms with Gasteiger partial charge in [0.1, 0.15) is 0 Å². The van der Waals surface area contributed by atoms with E-state index in [0.717, 1.165) is 19.4 Å². The molecule has 2 aromatic carbocycles. The van der Waals surface area contributed by atoms with E-state index in [4.69, 9.17) is 5.73 Å². The van der Waals surface area contributed by atoms with E-state index < -0.39 is 0 Å². The average molecular weight is 252 g/mol. The van der Waals surface area contributed by atoms with Gasteiger partial charge in [-0.15, -0.1) is 0 Å². The Kier molecular flexibility index (Phi) is 3.03. The molecule has 0 saturated heterocycles. The van der Waals surface area contributed by atoms with E-state index >= 15 is 0 Å². The fourth-order valence-corrected chi connectivity index (χ4v) is 2.42. The Morgan fingerprint density at radius 1 is 0.947 bits per heavy atom. The van der Waals surface area contributed by atoms with Gasteiger partial charge < -0.3 is 10.6 Å². The van der Waals surface area contributed by atoms with E-state index in [1.54, 1.807) is 0 Å². The Morgan fingerprint density at radius 2 is 1.53 bits per heavy atom. The molecule has 0 heterocycles. The number of hydrogen-bond acceptors (Lipinski definition) is 2. The van der Waals surface area contributed by atoms with Gasteiger partial charge in [-0.05, 0) is 36.1 Å². The average Bonchev–Trinajstić information content (AvgIpc) is 3.17. The summed E-state index contributed by atoms with van der Waals surface area (Å²) in [6.45, 7) is 0.942. The lowest BCUT2D eigenvalue weighted by Crippen LogP contribution is -2.37. The van der Waals surface area contributed by atoms with Crippen LogP contribution in [0.25, 0.3) is 11.1 Å². The highest BCUT2D eigenvalue weighted by Gasteiger charge is 2.39. The molecule has 19 heavy (non-hydrogen) atoms. The summed E-state index contributed by atoms with van der Waals surface area (Å²) in [5.41, 5.74) is 9.97. The van der Waals surface area contributed by atoms with Gasteiger partial charge in [-0.1, -0.05) is 42.5 Å². The van der Waals surface area contributed by atoms with E-state index in [2.05, 4.69) is 60.5 Å². The highest BCUT2D eigenvalue weighted by molar-refractivity contribution is 5.66. The molecule has 0 aromatic heterocycles. The lowest BCUT2D eigenvalue weighted by atomic mass is 10.1. The largest absolute Gasteiger partial charge is 0.373 e. The molecule has 0 spiro atoms. The molecule has 2 aromatic rings. The first-order valence-electron chi connectivity index (χ1n) is 6.82. The zero-order valence-electron chi connectivity index (χ0n) is 11.3. The van der Waals surface area contributed by atoms with Gasteiger partial charge in [-0.2, -0.15) is 0 Å².